The number of carbonyl (C=O) groups excluding carboxylic acids is 2. The quantitative estimate of drug-likeness (QED) is 0.198. The Labute approximate surface area is 223 Å². The molecule has 0 aliphatic carbocycles. The van der Waals surface area contributed by atoms with E-state index < -0.39 is 0 Å². The van der Waals surface area contributed by atoms with E-state index in [0.717, 1.165) is 25.7 Å². The first kappa shape index (κ1) is 30.2. The highest BCUT2D eigenvalue weighted by Crippen LogP contribution is 2.29. The molecule has 0 spiro atoms. The number of hydrogen-bond acceptors (Lipinski definition) is 4. The molecule has 2 N–H and O–H groups in total. The summed E-state index contributed by atoms with van der Waals surface area (Å²) in [6.07, 6.45) is 13.9. The second kappa shape index (κ2) is 17.4. The number of rotatable bonds is 18. The Kier molecular flexibility index (Phi) is 14.2. The number of benzene rings is 2. The van der Waals surface area contributed by atoms with Crippen LogP contribution in [0.2, 0.25) is 0 Å². The first-order valence-electron chi connectivity index (χ1n) is 14.0. The van der Waals surface area contributed by atoms with Gasteiger partial charge in [-0.3, -0.25) is 9.59 Å². The maximum Gasteiger partial charge on any atom is 0.255 e. The lowest BCUT2D eigenvalue weighted by Crippen LogP contribution is -2.23. The van der Waals surface area contributed by atoms with Crippen LogP contribution in [0.3, 0.4) is 0 Å². The first-order valence-corrected chi connectivity index (χ1v) is 14.0. The summed E-state index contributed by atoms with van der Waals surface area (Å²) in [5.41, 5.74) is 1.73. The SMILES string of the molecule is CCCCCCCCC(CCCCCC)C(=O)Nc1ccc(C(=O)Nc2cc(OC)ccc2OC)cc1. The molecule has 1 unspecified atom stereocenters. The zero-order valence-corrected chi connectivity index (χ0v) is 23.2. The van der Waals surface area contributed by atoms with Gasteiger partial charge >= 0.3 is 0 Å². The van der Waals surface area contributed by atoms with Crippen molar-refractivity contribution in [3.8, 4) is 11.5 Å². The molecule has 6 nitrogen and oxygen atoms in total. The summed E-state index contributed by atoms with van der Waals surface area (Å²) >= 11 is 0. The van der Waals surface area contributed by atoms with Crippen molar-refractivity contribution in [1.82, 2.24) is 0 Å². The van der Waals surface area contributed by atoms with Gasteiger partial charge in [-0.1, -0.05) is 78.1 Å². The van der Waals surface area contributed by atoms with Crippen molar-refractivity contribution in [1.29, 1.82) is 0 Å². The summed E-state index contributed by atoms with van der Waals surface area (Å²) in [5, 5.41) is 5.96. The van der Waals surface area contributed by atoms with E-state index >= 15 is 0 Å². The fourth-order valence-corrected chi connectivity index (χ4v) is 4.45. The number of hydrogen-bond donors (Lipinski definition) is 2. The van der Waals surface area contributed by atoms with E-state index in [1.807, 2.05) is 0 Å². The number of anilines is 2. The Morgan fingerprint density at radius 2 is 1.32 bits per heavy atom. The van der Waals surface area contributed by atoms with Crippen molar-refractivity contribution in [3.05, 3.63) is 48.0 Å². The summed E-state index contributed by atoms with van der Waals surface area (Å²) in [7, 11) is 3.13. The van der Waals surface area contributed by atoms with Crippen LogP contribution in [-0.2, 0) is 4.79 Å². The van der Waals surface area contributed by atoms with Crippen molar-refractivity contribution >= 4 is 23.2 Å². The predicted molar refractivity (Wildman–Crippen MR) is 153 cm³/mol. The van der Waals surface area contributed by atoms with Crippen molar-refractivity contribution < 1.29 is 19.1 Å². The fraction of sp³-hybridized carbons (Fsp3) is 0.548. The number of ether oxygens (including phenoxy) is 2. The van der Waals surface area contributed by atoms with Crippen LogP contribution in [-0.4, -0.2) is 26.0 Å². The largest absolute Gasteiger partial charge is 0.497 e. The number of amides is 2. The Morgan fingerprint density at radius 3 is 1.92 bits per heavy atom. The molecule has 0 aromatic heterocycles. The molecule has 2 amide bonds. The Bertz CT molecular complexity index is 943. The average Bonchev–Trinajstić information content (AvgIpc) is 2.91. The van der Waals surface area contributed by atoms with E-state index in [1.165, 1.54) is 51.4 Å². The molecular weight excluding hydrogens is 464 g/mol. The first-order chi connectivity index (χ1) is 18.0. The lowest BCUT2D eigenvalue weighted by atomic mass is 9.93. The Hall–Kier alpha value is -3.02. The average molecular weight is 511 g/mol. The molecule has 0 aliphatic heterocycles. The number of nitrogens with one attached hydrogen (secondary N) is 2. The maximum atomic E-state index is 13.1. The van der Waals surface area contributed by atoms with E-state index in [9.17, 15) is 9.59 Å². The zero-order valence-electron chi connectivity index (χ0n) is 23.2. The molecular formula is C31H46N2O4. The molecule has 2 rings (SSSR count). The van der Waals surface area contributed by atoms with Crippen LogP contribution >= 0.6 is 0 Å². The lowest BCUT2D eigenvalue weighted by molar-refractivity contribution is -0.120. The van der Waals surface area contributed by atoms with Gasteiger partial charge in [-0.25, -0.2) is 0 Å². The molecule has 0 radical (unpaired) electrons. The highest BCUT2D eigenvalue weighted by atomic mass is 16.5. The van der Waals surface area contributed by atoms with Crippen LogP contribution in [0, 0.1) is 5.92 Å². The molecule has 2 aromatic carbocycles. The van der Waals surface area contributed by atoms with E-state index in [4.69, 9.17) is 9.47 Å². The number of methoxy groups -OCH3 is 2. The van der Waals surface area contributed by atoms with Gasteiger partial charge in [0.1, 0.15) is 11.5 Å². The molecule has 0 saturated heterocycles. The van der Waals surface area contributed by atoms with Crippen LogP contribution in [0.1, 0.15) is 101 Å². The molecule has 0 heterocycles. The smallest absolute Gasteiger partial charge is 0.255 e. The number of carbonyl (C=O) groups is 2. The number of unbranched alkanes of at least 4 members (excludes halogenated alkanes) is 8. The fourth-order valence-electron chi connectivity index (χ4n) is 4.45. The summed E-state index contributed by atoms with van der Waals surface area (Å²) in [6.45, 7) is 4.44. The van der Waals surface area contributed by atoms with Crippen LogP contribution in [0.25, 0.3) is 0 Å². The van der Waals surface area contributed by atoms with Gasteiger partial charge in [-0.2, -0.15) is 0 Å². The third-order valence-corrected chi connectivity index (χ3v) is 6.75. The van der Waals surface area contributed by atoms with Crippen LogP contribution in [0.15, 0.2) is 42.5 Å². The second-order valence-corrected chi connectivity index (χ2v) is 9.69. The molecule has 0 fully saturated rings. The van der Waals surface area contributed by atoms with Crippen LogP contribution in [0.5, 0.6) is 11.5 Å². The molecule has 37 heavy (non-hydrogen) atoms. The van der Waals surface area contributed by atoms with Crippen LogP contribution in [0.4, 0.5) is 11.4 Å². The minimum atomic E-state index is -0.263. The van der Waals surface area contributed by atoms with Gasteiger partial charge in [-0.15, -0.1) is 0 Å². The van der Waals surface area contributed by atoms with E-state index in [-0.39, 0.29) is 17.7 Å². The topological polar surface area (TPSA) is 76.7 Å². The minimum Gasteiger partial charge on any atom is -0.497 e. The monoisotopic (exact) mass is 510 g/mol. The third kappa shape index (κ3) is 10.9. The second-order valence-electron chi connectivity index (χ2n) is 9.69. The molecule has 2 aromatic rings. The van der Waals surface area contributed by atoms with Crippen molar-refractivity contribution in [2.24, 2.45) is 5.92 Å². The van der Waals surface area contributed by atoms with E-state index in [2.05, 4.69) is 24.5 Å². The zero-order chi connectivity index (χ0) is 26.9. The van der Waals surface area contributed by atoms with Crippen molar-refractivity contribution in [2.75, 3.05) is 24.9 Å². The minimum absolute atomic E-state index is 0.0338. The molecule has 1 atom stereocenters. The molecule has 0 bridgehead atoms. The predicted octanol–water partition coefficient (Wildman–Crippen LogP) is 8.23. The summed E-state index contributed by atoms with van der Waals surface area (Å²) in [4.78, 5) is 25.9. The van der Waals surface area contributed by atoms with Gasteiger partial charge in [0.15, 0.2) is 0 Å². The normalized spacial score (nSPS) is 11.6. The van der Waals surface area contributed by atoms with Crippen molar-refractivity contribution in [2.45, 2.75) is 90.9 Å². The van der Waals surface area contributed by atoms with Gasteiger partial charge in [0, 0.05) is 23.2 Å². The molecule has 204 valence electrons. The summed E-state index contributed by atoms with van der Waals surface area (Å²) in [5.74, 6) is 1.03. The van der Waals surface area contributed by atoms with Gasteiger partial charge in [-0.05, 0) is 49.2 Å². The maximum absolute atomic E-state index is 13.1. The Morgan fingerprint density at radius 1 is 0.730 bits per heavy atom. The van der Waals surface area contributed by atoms with Gasteiger partial charge < -0.3 is 20.1 Å². The van der Waals surface area contributed by atoms with Gasteiger partial charge in [0.2, 0.25) is 5.91 Å². The van der Waals surface area contributed by atoms with Crippen molar-refractivity contribution in [3.63, 3.8) is 0 Å². The van der Waals surface area contributed by atoms with E-state index in [0.29, 0.717) is 28.4 Å². The molecule has 0 saturated carbocycles. The van der Waals surface area contributed by atoms with Gasteiger partial charge in [0.25, 0.3) is 5.91 Å². The standard InChI is InChI=1S/C31H46N2O4/c1-5-7-9-11-12-14-16-24(15-13-10-8-6-2)30(34)32-26-19-17-25(18-20-26)31(35)33-28-23-27(36-3)21-22-29(28)37-4/h17-24H,5-16H2,1-4H3,(H,32,34)(H,33,35). The van der Waals surface area contributed by atoms with Crippen LogP contribution < -0.4 is 20.1 Å². The highest BCUT2D eigenvalue weighted by molar-refractivity contribution is 6.05. The Balaban J connectivity index is 1.96. The van der Waals surface area contributed by atoms with Gasteiger partial charge in [0.05, 0.1) is 19.9 Å². The third-order valence-electron chi connectivity index (χ3n) is 6.75. The molecule has 0 aliphatic rings. The summed E-state index contributed by atoms with van der Waals surface area (Å²) < 4.78 is 10.6. The highest BCUT2D eigenvalue weighted by Gasteiger charge is 2.18. The summed E-state index contributed by atoms with van der Waals surface area (Å²) in [6, 6.07) is 12.3. The lowest BCUT2D eigenvalue weighted by Gasteiger charge is -2.17. The molecule has 6 heteroatoms. The van der Waals surface area contributed by atoms with E-state index in [1.54, 1.807) is 56.7 Å².